The van der Waals surface area contributed by atoms with Crippen LogP contribution in [0.15, 0.2) is 36.4 Å². The Kier molecular flexibility index (Phi) is 5.93. The third-order valence-electron chi connectivity index (χ3n) is 3.58. The van der Waals surface area contributed by atoms with Crippen LogP contribution in [0.25, 0.3) is 0 Å². The van der Waals surface area contributed by atoms with E-state index < -0.39 is 6.04 Å². The van der Waals surface area contributed by atoms with E-state index in [1.165, 1.54) is 0 Å². The van der Waals surface area contributed by atoms with E-state index in [4.69, 9.17) is 21.1 Å². The van der Waals surface area contributed by atoms with Crippen LogP contribution in [0.4, 0.5) is 11.4 Å². The molecule has 5 nitrogen and oxygen atoms in total. The van der Waals surface area contributed by atoms with Gasteiger partial charge in [-0.2, -0.15) is 0 Å². The predicted molar refractivity (Wildman–Crippen MR) is 97.4 cm³/mol. The van der Waals surface area contributed by atoms with Gasteiger partial charge in [0.1, 0.15) is 17.5 Å². The molecule has 0 fully saturated rings. The summed E-state index contributed by atoms with van der Waals surface area (Å²) < 4.78 is 10.5. The van der Waals surface area contributed by atoms with Crippen LogP contribution in [-0.2, 0) is 4.79 Å². The number of hydrogen-bond donors (Lipinski definition) is 2. The van der Waals surface area contributed by atoms with Crippen molar-refractivity contribution in [2.24, 2.45) is 0 Å². The largest absolute Gasteiger partial charge is 0.497 e. The number of carbonyl (C=O) groups excluding carboxylic acids is 1. The Morgan fingerprint density at radius 1 is 1.17 bits per heavy atom. The van der Waals surface area contributed by atoms with Gasteiger partial charge < -0.3 is 20.1 Å². The van der Waals surface area contributed by atoms with Gasteiger partial charge in [0.25, 0.3) is 0 Å². The molecule has 1 amide bonds. The number of aryl methyl sites for hydroxylation is 1. The van der Waals surface area contributed by atoms with Crippen LogP contribution in [0.5, 0.6) is 11.5 Å². The van der Waals surface area contributed by atoms with Gasteiger partial charge in [0.05, 0.1) is 19.9 Å². The van der Waals surface area contributed by atoms with Gasteiger partial charge >= 0.3 is 0 Å². The molecule has 0 heterocycles. The lowest BCUT2D eigenvalue weighted by atomic mass is 10.2. The Labute approximate surface area is 146 Å². The maximum Gasteiger partial charge on any atom is 0.246 e. The lowest BCUT2D eigenvalue weighted by Crippen LogP contribution is -2.32. The second kappa shape index (κ2) is 7.93. The normalized spacial score (nSPS) is 11.5. The second-order valence-electron chi connectivity index (χ2n) is 5.39. The molecule has 0 unspecified atom stereocenters. The summed E-state index contributed by atoms with van der Waals surface area (Å²) in [4.78, 5) is 12.4. The molecule has 0 bridgehead atoms. The van der Waals surface area contributed by atoms with Crippen LogP contribution in [0.3, 0.4) is 0 Å². The number of nitrogens with one attached hydrogen (secondary N) is 2. The van der Waals surface area contributed by atoms with E-state index in [9.17, 15) is 4.79 Å². The molecule has 0 spiro atoms. The van der Waals surface area contributed by atoms with Gasteiger partial charge in [0.2, 0.25) is 5.91 Å². The Balaban J connectivity index is 2.10. The smallest absolute Gasteiger partial charge is 0.246 e. The third-order valence-corrected chi connectivity index (χ3v) is 3.99. The Hall–Kier alpha value is -2.40. The predicted octanol–water partition coefficient (Wildman–Crippen LogP) is 4.10. The quantitative estimate of drug-likeness (QED) is 0.825. The van der Waals surface area contributed by atoms with Crippen LogP contribution in [0.1, 0.15) is 12.5 Å². The molecule has 24 heavy (non-hydrogen) atoms. The molecular formula is C18H21ClN2O3. The molecule has 128 valence electrons. The van der Waals surface area contributed by atoms with Crippen molar-refractivity contribution in [3.05, 3.63) is 47.0 Å². The van der Waals surface area contributed by atoms with Crippen LogP contribution >= 0.6 is 11.6 Å². The zero-order valence-electron chi connectivity index (χ0n) is 14.1. The van der Waals surface area contributed by atoms with Crippen molar-refractivity contribution in [1.82, 2.24) is 0 Å². The van der Waals surface area contributed by atoms with Crippen molar-refractivity contribution in [3.8, 4) is 11.5 Å². The first-order chi connectivity index (χ1) is 11.4. The summed E-state index contributed by atoms with van der Waals surface area (Å²) in [5.41, 5.74) is 2.29. The average Bonchev–Trinajstić information content (AvgIpc) is 2.57. The van der Waals surface area contributed by atoms with E-state index in [2.05, 4.69) is 10.6 Å². The molecule has 2 aromatic rings. The summed E-state index contributed by atoms with van der Waals surface area (Å²) >= 11 is 6.10. The Morgan fingerprint density at radius 3 is 2.58 bits per heavy atom. The van der Waals surface area contributed by atoms with E-state index in [-0.39, 0.29) is 5.91 Å². The molecule has 0 saturated carbocycles. The maximum absolute atomic E-state index is 12.4. The molecule has 0 aliphatic rings. The van der Waals surface area contributed by atoms with Crippen molar-refractivity contribution < 1.29 is 14.3 Å². The maximum atomic E-state index is 12.4. The zero-order chi connectivity index (χ0) is 17.7. The van der Waals surface area contributed by atoms with E-state index in [1.54, 1.807) is 39.3 Å². The van der Waals surface area contributed by atoms with Crippen molar-refractivity contribution in [1.29, 1.82) is 0 Å². The highest BCUT2D eigenvalue weighted by Gasteiger charge is 2.16. The molecule has 2 rings (SSSR count). The summed E-state index contributed by atoms with van der Waals surface area (Å²) in [6.07, 6.45) is 0. The fourth-order valence-electron chi connectivity index (χ4n) is 2.20. The molecule has 0 radical (unpaired) electrons. The van der Waals surface area contributed by atoms with Crippen molar-refractivity contribution in [3.63, 3.8) is 0 Å². The minimum Gasteiger partial charge on any atom is -0.497 e. The van der Waals surface area contributed by atoms with Crippen molar-refractivity contribution in [2.75, 3.05) is 24.9 Å². The Bertz CT molecular complexity index is 734. The number of ether oxygens (including phenoxy) is 2. The molecule has 0 aromatic heterocycles. The van der Waals surface area contributed by atoms with Gasteiger partial charge in [-0.05, 0) is 37.6 Å². The molecule has 2 aromatic carbocycles. The fourth-order valence-corrected chi connectivity index (χ4v) is 2.35. The fraction of sp³-hybridized carbons (Fsp3) is 0.278. The highest BCUT2D eigenvalue weighted by atomic mass is 35.5. The SMILES string of the molecule is COc1cccc(NC(=O)[C@H](C)Nc2cc(C)c(Cl)cc2OC)c1. The van der Waals surface area contributed by atoms with Gasteiger partial charge in [-0.15, -0.1) is 0 Å². The first-order valence-corrected chi connectivity index (χ1v) is 7.88. The molecule has 1 atom stereocenters. The number of carbonyl (C=O) groups is 1. The molecular weight excluding hydrogens is 328 g/mol. The molecule has 6 heteroatoms. The van der Waals surface area contributed by atoms with E-state index in [0.29, 0.717) is 27.9 Å². The lowest BCUT2D eigenvalue weighted by molar-refractivity contribution is -0.116. The number of amides is 1. The van der Waals surface area contributed by atoms with Crippen molar-refractivity contribution >= 4 is 28.9 Å². The van der Waals surface area contributed by atoms with Crippen LogP contribution in [0, 0.1) is 6.92 Å². The third kappa shape index (κ3) is 4.32. The van der Waals surface area contributed by atoms with Gasteiger partial charge in [-0.25, -0.2) is 0 Å². The average molecular weight is 349 g/mol. The first-order valence-electron chi connectivity index (χ1n) is 7.50. The number of benzene rings is 2. The van der Waals surface area contributed by atoms with Crippen LogP contribution in [-0.4, -0.2) is 26.2 Å². The number of hydrogen-bond acceptors (Lipinski definition) is 4. The molecule has 0 aliphatic heterocycles. The summed E-state index contributed by atoms with van der Waals surface area (Å²) in [5.74, 6) is 1.10. The van der Waals surface area contributed by atoms with Crippen molar-refractivity contribution in [2.45, 2.75) is 19.9 Å². The van der Waals surface area contributed by atoms with E-state index >= 15 is 0 Å². The zero-order valence-corrected chi connectivity index (χ0v) is 14.9. The number of methoxy groups -OCH3 is 2. The topological polar surface area (TPSA) is 59.6 Å². The van der Waals surface area contributed by atoms with Gasteiger partial charge in [-0.3, -0.25) is 4.79 Å². The van der Waals surface area contributed by atoms with Gasteiger partial charge in [0.15, 0.2) is 0 Å². The Morgan fingerprint density at radius 2 is 1.92 bits per heavy atom. The highest BCUT2D eigenvalue weighted by molar-refractivity contribution is 6.31. The van der Waals surface area contributed by atoms with E-state index in [1.807, 2.05) is 25.1 Å². The first kappa shape index (κ1) is 17.9. The van der Waals surface area contributed by atoms with Crippen LogP contribution in [0.2, 0.25) is 5.02 Å². The summed E-state index contributed by atoms with van der Waals surface area (Å²) in [6.45, 7) is 3.67. The number of anilines is 2. The minimum atomic E-state index is -0.467. The minimum absolute atomic E-state index is 0.169. The molecule has 0 aliphatic carbocycles. The number of rotatable bonds is 6. The molecule has 0 saturated heterocycles. The van der Waals surface area contributed by atoms with Crippen LogP contribution < -0.4 is 20.1 Å². The highest BCUT2D eigenvalue weighted by Crippen LogP contribution is 2.31. The summed E-state index contributed by atoms with van der Waals surface area (Å²) in [5, 5.41) is 6.62. The monoisotopic (exact) mass is 348 g/mol. The standard InChI is InChI=1S/C18H21ClN2O3/c1-11-8-16(17(24-4)10-15(11)19)20-12(2)18(22)21-13-6-5-7-14(9-13)23-3/h5-10,12,20H,1-4H3,(H,21,22)/t12-/m0/s1. The summed E-state index contributed by atoms with van der Waals surface area (Å²) in [6, 6.07) is 10.3. The van der Waals surface area contributed by atoms with Gasteiger partial charge in [-0.1, -0.05) is 17.7 Å². The summed E-state index contributed by atoms with van der Waals surface area (Å²) in [7, 11) is 3.15. The van der Waals surface area contributed by atoms with Gasteiger partial charge in [0, 0.05) is 22.8 Å². The number of halogens is 1. The molecule has 2 N–H and O–H groups in total. The van der Waals surface area contributed by atoms with E-state index in [0.717, 1.165) is 5.56 Å². The second-order valence-corrected chi connectivity index (χ2v) is 5.80. The lowest BCUT2D eigenvalue weighted by Gasteiger charge is -2.18.